The molecule has 1 amide bonds. The molecular formula is C29H30FN3O5S. The first-order valence-corrected chi connectivity index (χ1v) is 14.3. The molecular weight excluding hydrogens is 521 g/mol. The maximum atomic E-state index is 13.2. The van der Waals surface area contributed by atoms with E-state index in [4.69, 9.17) is 0 Å². The van der Waals surface area contributed by atoms with Crippen LogP contribution in [0.3, 0.4) is 0 Å². The van der Waals surface area contributed by atoms with Crippen LogP contribution in [0.4, 0.5) is 15.8 Å². The molecule has 3 atom stereocenters. The quantitative estimate of drug-likeness (QED) is 0.269. The third kappa shape index (κ3) is 4.67. The van der Waals surface area contributed by atoms with Gasteiger partial charge in [0, 0.05) is 17.7 Å². The van der Waals surface area contributed by atoms with Gasteiger partial charge in [0.25, 0.3) is 21.6 Å². The number of amides is 1. The largest absolute Gasteiger partial charge is 0.376 e. The minimum atomic E-state index is -4.39. The highest BCUT2D eigenvalue weighted by atomic mass is 32.2. The van der Waals surface area contributed by atoms with E-state index in [-0.39, 0.29) is 44.5 Å². The number of halogens is 1. The minimum absolute atomic E-state index is 0.0312. The second-order valence-electron chi connectivity index (χ2n) is 11.3. The lowest BCUT2D eigenvalue weighted by molar-refractivity contribution is -0.384. The maximum absolute atomic E-state index is 13.2. The number of carbonyl (C=O) groups excluding carboxylic acids is 1. The smallest absolute Gasteiger partial charge is 0.293 e. The van der Waals surface area contributed by atoms with Crippen LogP contribution in [-0.4, -0.2) is 25.3 Å². The van der Waals surface area contributed by atoms with Gasteiger partial charge < -0.3 is 5.32 Å². The second-order valence-corrected chi connectivity index (χ2v) is 12.9. The number of benzene rings is 3. The topological polar surface area (TPSA) is 118 Å². The van der Waals surface area contributed by atoms with E-state index in [0.29, 0.717) is 5.92 Å². The zero-order valence-corrected chi connectivity index (χ0v) is 22.7. The average Bonchev–Trinajstić information content (AvgIpc) is 3.22. The highest BCUT2D eigenvalue weighted by Gasteiger charge is 2.61. The van der Waals surface area contributed by atoms with Crippen molar-refractivity contribution in [1.82, 2.24) is 4.72 Å². The molecule has 5 rings (SSSR count). The van der Waals surface area contributed by atoms with E-state index >= 15 is 0 Å². The normalized spacial score (nSPS) is 23.4. The van der Waals surface area contributed by atoms with Gasteiger partial charge >= 0.3 is 0 Å². The summed E-state index contributed by atoms with van der Waals surface area (Å²) in [7, 11) is -4.39. The van der Waals surface area contributed by atoms with Gasteiger partial charge in [-0.15, -0.1) is 0 Å². The highest BCUT2D eigenvalue weighted by Crippen LogP contribution is 2.66. The fourth-order valence-electron chi connectivity index (χ4n) is 6.26. The molecule has 0 aliphatic heterocycles. The molecule has 3 aromatic rings. The highest BCUT2D eigenvalue weighted by molar-refractivity contribution is 7.90. The number of hydrogen-bond donors (Lipinski definition) is 2. The summed E-state index contributed by atoms with van der Waals surface area (Å²) in [6, 6.07) is 15.7. The summed E-state index contributed by atoms with van der Waals surface area (Å²) in [5.74, 6) is -0.714. The minimum Gasteiger partial charge on any atom is -0.376 e. The van der Waals surface area contributed by atoms with E-state index in [0.717, 1.165) is 36.5 Å². The van der Waals surface area contributed by atoms with Gasteiger partial charge in [-0.3, -0.25) is 14.9 Å². The van der Waals surface area contributed by atoms with Crippen LogP contribution in [0.5, 0.6) is 0 Å². The molecule has 0 unspecified atom stereocenters. The zero-order chi connectivity index (χ0) is 28.2. The number of carbonyl (C=O) groups is 1. The summed E-state index contributed by atoms with van der Waals surface area (Å²) in [4.78, 5) is 23.6. The summed E-state index contributed by atoms with van der Waals surface area (Å²) < 4.78 is 41.2. The average molecular weight is 552 g/mol. The van der Waals surface area contributed by atoms with Crippen molar-refractivity contribution in [3.05, 3.63) is 88.2 Å². The Hall–Kier alpha value is -3.79. The SMILES string of the molecule is CC1(C)[C@@H]2CC[C@@]1(C)[C@H](Nc1ccc(S(=O)(=O)NC(=O)c3ccc(-c4ccc(F)cc4)cc3)cc1[N+](=O)[O-])C2. The van der Waals surface area contributed by atoms with Crippen LogP contribution < -0.4 is 10.0 Å². The molecule has 0 saturated heterocycles. The number of nitro benzene ring substituents is 1. The van der Waals surface area contributed by atoms with Crippen LogP contribution in [-0.2, 0) is 10.0 Å². The van der Waals surface area contributed by atoms with Crippen molar-refractivity contribution < 1.29 is 22.5 Å². The first kappa shape index (κ1) is 26.8. The standard InChI is InChI=1S/C29H30FN3O5S/c1-28(2)21-14-15-29(28,3)26(16-21)31-24-13-12-23(17-25(24)33(35)36)39(37,38)32-27(34)20-6-4-18(5-7-20)19-8-10-22(30)11-9-19/h4-13,17,21,26,31H,14-16H2,1-3H3,(H,32,34)/t21-,26-,29+/m1/s1. The van der Waals surface area contributed by atoms with E-state index in [1.165, 1.54) is 36.4 Å². The van der Waals surface area contributed by atoms with Crippen LogP contribution in [0, 0.1) is 32.7 Å². The van der Waals surface area contributed by atoms with Crippen molar-refractivity contribution >= 4 is 27.3 Å². The summed E-state index contributed by atoms with van der Waals surface area (Å²) in [6.45, 7) is 6.70. The molecule has 2 aliphatic rings. The van der Waals surface area contributed by atoms with Crippen LogP contribution in [0.15, 0.2) is 71.6 Å². The molecule has 204 valence electrons. The summed E-state index contributed by atoms with van der Waals surface area (Å²) >= 11 is 0. The lowest BCUT2D eigenvalue weighted by atomic mass is 9.69. The Morgan fingerprint density at radius 2 is 1.62 bits per heavy atom. The molecule has 2 aliphatic carbocycles. The van der Waals surface area contributed by atoms with Crippen molar-refractivity contribution in [2.24, 2.45) is 16.7 Å². The summed E-state index contributed by atoms with van der Waals surface area (Å²) in [5.41, 5.74) is 1.51. The van der Waals surface area contributed by atoms with E-state index in [9.17, 15) is 27.7 Å². The molecule has 2 saturated carbocycles. The van der Waals surface area contributed by atoms with Crippen LogP contribution in [0.1, 0.15) is 50.4 Å². The lowest BCUT2D eigenvalue weighted by Crippen LogP contribution is -2.40. The van der Waals surface area contributed by atoms with Gasteiger partial charge in [0.2, 0.25) is 0 Å². The Morgan fingerprint density at radius 1 is 1.00 bits per heavy atom. The van der Waals surface area contributed by atoms with Crippen molar-refractivity contribution in [3.8, 4) is 11.1 Å². The molecule has 0 spiro atoms. The van der Waals surface area contributed by atoms with Crippen molar-refractivity contribution in [2.75, 3.05) is 5.32 Å². The van der Waals surface area contributed by atoms with Gasteiger partial charge in [-0.2, -0.15) is 0 Å². The van der Waals surface area contributed by atoms with Gasteiger partial charge in [0.15, 0.2) is 0 Å². The van der Waals surface area contributed by atoms with Crippen LogP contribution in [0.2, 0.25) is 0 Å². The lowest BCUT2D eigenvalue weighted by Gasteiger charge is -2.39. The van der Waals surface area contributed by atoms with E-state index in [1.54, 1.807) is 24.3 Å². The van der Waals surface area contributed by atoms with Gasteiger partial charge in [-0.05, 0) is 83.5 Å². The zero-order valence-electron chi connectivity index (χ0n) is 21.9. The molecule has 10 heteroatoms. The molecule has 2 fully saturated rings. The van der Waals surface area contributed by atoms with E-state index < -0.39 is 20.9 Å². The third-order valence-corrected chi connectivity index (χ3v) is 10.5. The third-order valence-electron chi connectivity index (χ3n) is 9.15. The predicted molar refractivity (Wildman–Crippen MR) is 146 cm³/mol. The first-order chi connectivity index (χ1) is 18.3. The first-order valence-electron chi connectivity index (χ1n) is 12.8. The van der Waals surface area contributed by atoms with Crippen LogP contribution >= 0.6 is 0 Å². The number of nitrogens with zero attached hydrogens (tertiary/aromatic N) is 1. The van der Waals surface area contributed by atoms with Crippen LogP contribution in [0.25, 0.3) is 11.1 Å². The molecule has 3 aromatic carbocycles. The Morgan fingerprint density at radius 3 is 2.15 bits per heavy atom. The number of fused-ring (bicyclic) bond motifs is 2. The monoisotopic (exact) mass is 551 g/mol. The van der Waals surface area contributed by atoms with Crippen molar-refractivity contribution in [3.63, 3.8) is 0 Å². The number of hydrogen-bond acceptors (Lipinski definition) is 6. The number of rotatable bonds is 7. The predicted octanol–water partition coefficient (Wildman–Crippen LogP) is 6.15. The Labute approximate surface area is 226 Å². The van der Waals surface area contributed by atoms with Crippen molar-refractivity contribution in [2.45, 2.75) is 51.0 Å². The van der Waals surface area contributed by atoms with Gasteiger partial charge in [-0.1, -0.05) is 45.0 Å². The molecule has 2 bridgehead atoms. The number of nitrogens with one attached hydrogen (secondary N) is 2. The molecule has 39 heavy (non-hydrogen) atoms. The molecule has 8 nitrogen and oxygen atoms in total. The molecule has 2 N–H and O–H groups in total. The van der Waals surface area contributed by atoms with E-state index in [2.05, 4.69) is 26.1 Å². The molecule has 0 aromatic heterocycles. The van der Waals surface area contributed by atoms with Crippen molar-refractivity contribution in [1.29, 1.82) is 0 Å². The van der Waals surface area contributed by atoms with Gasteiger partial charge in [-0.25, -0.2) is 17.5 Å². The molecule has 0 radical (unpaired) electrons. The summed E-state index contributed by atoms with van der Waals surface area (Å²) in [5, 5.41) is 15.3. The Balaban J connectivity index is 1.34. The van der Waals surface area contributed by atoms with Gasteiger partial charge in [0.1, 0.15) is 11.5 Å². The number of nitro groups is 1. The Bertz CT molecular complexity index is 1550. The summed E-state index contributed by atoms with van der Waals surface area (Å²) in [6.07, 6.45) is 3.06. The molecule has 0 heterocycles. The fraction of sp³-hybridized carbons (Fsp3) is 0.345. The number of anilines is 1. The fourth-order valence-corrected chi connectivity index (χ4v) is 7.25. The van der Waals surface area contributed by atoms with E-state index in [1.807, 2.05) is 4.72 Å². The maximum Gasteiger partial charge on any atom is 0.293 e. The number of sulfonamides is 1. The Kier molecular flexibility index (Phi) is 6.49. The second kappa shape index (κ2) is 9.44. The van der Waals surface area contributed by atoms with Gasteiger partial charge in [0.05, 0.1) is 9.82 Å².